The second-order valence-corrected chi connectivity index (χ2v) is 5.31. The van der Waals surface area contributed by atoms with E-state index in [4.69, 9.17) is 4.74 Å². The fourth-order valence-electron chi connectivity index (χ4n) is 1.59. The van der Waals surface area contributed by atoms with E-state index in [1.54, 1.807) is 11.6 Å². The second kappa shape index (κ2) is 5.50. The molecule has 0 saturated carbocycles. The summed E-state index contributed by atoms with van der Waals surface area (Å²) >= 11 is 0. The van der Waals surface area contributed by atoms with E-state index in [9.17, 15) is 4.79 Å². The highest BCUT2D eigenvalue weighted by Crippen LogP contribution is 2.16. The Balaban J connectivity index is 2.92. The Kier molecular flexibility index (Phi) is 4.48. The van der Waals surface area contributed by atoms with Crippen molar-refractivity contribution in [1.29, 1.82) is 0 Å². The van der Waals surface area contributed by atoms with E-state index < -0.39 is 11.6 Å². The number of nitrogens with zero attached hydrogens (tertiary/aromatic N) is 3. The van der Waals surface area contributed by atoms with Gasteiger partial charge in [-0.25, -0.2) is 14.5 Å². The first-order valence-corrected chi connectivity index (χ1v) is 6.45. The third-order valence-electron chi connectivity index (χ3n) is 2.49. The van der Waals surface area contributed by atoms with Gasteiger partial charge in [0.15, 0.2) is 5.82 Å². The van der Waals surface area contributed by atoms with E-state index in [0.29, 0.717) is 0 Å². The molecule has 5 nitrogen and oxygen atoms in total. The number of aryl methyl sites for hydroxylation is 2. The van der Waals surface area contributed by atoms with E-state index in [1.807, 2.05) is 34.6 Å². The zero-order chi connectivity index (χ0) is 13.9. The predicted molar refractivity (Wildman–Crippen MR) is 69.3 cm³/mol. The van der Waals surface area contributed by atoms with Crippen molar-refractivity contribution in [2.24, 2.45) is 0 Å². The molecule has 0 aliphatic carbocycles. The Hall–Kier alpha value is -1.39. The fraction of sp³-hybridized carbons (Fsp3) is 0.769. The van der Waals surface area contributed by atoms with Crippen LogP contribution < -0.4 is 0 Å². The Labute approximate surface area is 109 Å². The first-order chi connectivity index (χ1) is 8.28. The van der Waals surface area contributed by atoms with E-state index in [1.165, 1.54) is 0 Å². The minimum absolute atomic E-state index is 0.273. The molecule has 0 aliphatic heterocycles. The highest BCUT2D eigenvalue weighted by molar-refractivity contribution is 5.74. The van der Waals surface area contributed by atoms with Crippen LogP contribution in [0.15, 0.2) is 0 Å². The van der Waals surface area contributed by atoms with Gasteiger partial charge >= 0.3 is 5.97 Å². The number of ether oxygens (including phenoxy) is 1. The Morgan fingerprint density at radius 1 is 1.33 bits per heavy atom. The lowest BCUT2D eigenvalue weighted by Gasteiger charge is -2.22. The predicted octanol–water partition coefficient (Wildman–Crippen LogP) is 2.31. The summed E-state index contributed by atoms with van der Waals surface area (Å²) in [5.74, 6) is 1.32. The lowest BCUT2D eigenvalue weighted by Crippen LogP contribution is -2.30. The SMILES string of the molecule is CCc1nc(CC)n(C(C)C(=O)OC(C)(C)C)n1. The molecule has 0 saturated heterocycles. The highest BCUT2D eigenvalue weighted by atomic mass is 16.6. The van der Waals surface area contributed by atoms with Crippen LogP contribution in [0.1, 0.15) is 59.2 Å². The van der Waals surface area contributed by atoms with Crippen LogP contribution >= 0.6 is 0 Å². The van der Waals surface area contributed by atoms with E-state index in [2.05, 4.69) is 10.1 Å². The molecular weight excluding hydrogens is 230 g/mol. The molecule has 5 heteroatoms. The zero-order valence-corrected chi connectivity index (χ0v) is 12.1. The molecule has 1 unspecified atom stereocenters. The Morgan fingerprint density at radius 2 is 1.94 bits per heavy atom. The summed E-state index contributed by atoms with van der Waals surface area (Å²) in [5, 5.41) is 4.36. The van der Waals surface area contributed by atoms with Crippen molar-refractivity contribution in [3.05, 3.63) is 11.6 Å². The summed E-state index contributed by atoms with van der Waals surface area (Å²) in [7, 11) is 0. The molecule has 1 atom stereocenters. The summed E-state index contributed by atoms with van der Waals surface area (Å²) in [6.45, 7) is 11.4. The number of esters is 1. The third kappa shape index (κ3) is 3.55. The van der Waals surface area contributed by atoms with Crippen molar-refractivity contribution in [2.75, 3.05) is 0 Å². The maximum absolute atomic E-state index is 12.0. The van der Waals surface area contributed by atoms with Crippen LogP contribution in [0.25, 0.3) is 0 Å². The van der Waals surface area contributed by atoms with Gasteiger partial charge < -0.3 is 4.74 Å². The molecule has 0 bridgehead atoms. The van der Waals surface area contributed by atoms with Crippen LogP contribution in [0.2, 0.25) is 0 Å². The number of carbonyl (C=O) groups excluding carboxylic acids is 1. The average Bonchev–Trinajstić information content (AvgIpc) is 2.68. The van der Waals surface area contributed by atoms with Crippen LogP contribution in [0, 0.1) is 0 Å². The third-order valence-corrected chi connectivity index (χ3v) is 2.49. The molecule has 0 N–H and O–H groups in total. The molecule has 1 aromatic heterocycles. The largest absolute Gasteiger partial charge is 0.458 e. The molecule has 0 fully saturated rings. The van der Waals surface area contributed by atoms with Crippen LogP contribution in [-0.4, -0.2) is 26.3 Å². The number of hydrogen-bond donors (Lipinski definition) is 0. The molecule has 0 radical (unpaired) electrons. The maximum Gasteiger partial charge on any atom is 0.331 e. The van der Waals surface area contributed by atoms with Crippen LogP contribution in [0.5, 0.6) is 0 Å². The first kappa shape index (κ1) is 14.7. The molecule has 1 rings (SSSR count). The first-order valence-electron chi connectivity index (χ1n) is 6.45. The molecule has 102 valence electrons. The quantitative estimate of drug-likeness (QED) is 0.773. The topological polar surface area (TPSA) is 57.0 Å². The van der Waals surface area contributed by atoms with Gasteiger partial charge in [-0.1, -0.05) is 13.8 Å². The van der Waals surface area contributed by atoms with Gasteiger partial charge in [0.25, 0.3) is 0 Å². The van der Waals surface area contributed by atoms with Crippen LogP contribution in [0.3, 0.4) is 0 Å². The van der Waals surface area contributed by atoms with Crippen molar-refractivity contribution in [3.63, 3.8) is 0 Å². The van der Waals surface area contributed by atoms with Crippen molar-refractivity contribution in [2.45, 2.75) is 66.0 Å². The summed E-state index contributed by atoms with van der Waals surface area (Å²) in [5.41, 5.74) is -0.480. The zero-order valence-electron chi connectivity index (χ0n) is 12.1. The van der Waals surface area contributed by atoms with Crippen LogP contribution in [0.4, 0.5) is 0 Å². The smallest absolute Gasteiger partial charge is 0.331 e. The van der Waals surface area contributed by atoms with Gasteiger partial charge in [0, 0.05) is 12.8 Å². The Bertz CT molecular complexity index is 418. The van der Waals surface area contributed by atoms with Gasteiger partial charge in [0.05, 0.1) is 0 Å². The van der Waals surface area contributed by atoms with Gasteiger partial charge in [-0.2, -0.15) is 5.10 Å². The van der Waals surface area contributed by atoms with Gasteiger partial charge in [-0.3, -0.25) is 0 Å². The van der Waals surface area contributed by atoms with Gasteiger partial charge in [-0.05, 0) is 27.7 Å². The summed E-state index contributed by atoms with van der Waals surface area (Å²) in [6.07, 6.45) is 1.52. The van der Waals surface area contributed by atoms with Crippen molar-refractivity contribution < 1.29 is 9.53 Å². The summed E-state index contributed by atoms with van der Waals surface area (Å²) in [6, 6.07) is -0.438. The lowest BCUT2D eigenvalue weighted by atomic mass is 10.2. The molecule has 0 aliphatic rings. The van der Waals surface area contributed by atoms with Crippen LogP contribution in [-0.2, 0) is 22.4 Å². The van der Waals surface area contributed by atoms with Gasteiger partial charge in [0.1, 0.15) is 17.5 Å². The molecule has 0 aromatic carbocycles. The number of aromatic nitrogens is 3. The maximum atomic E-state index is 12.0. The van der Waals surface area contributed by atoms with Crippen molar-refractivity contribution >= 4 is 5.97 Å². The van der Waals surface area contributed by atoms with Gasteiger partial charge in [0.2, 0.25) is 0 Å². The standard InChI is InChI=1S/C13H23N3O2/c1-7-10-14-11(8-2)16(15-10)9(3)12(17)18-13(4,5)6/h9H,7-8H2,1-6H3. The number of carbonyl (C=O) groups is 1. The Morgan fingerprint density at radius 3 is 2.39 bits per heavy atom. The molecule has 0 amide bonds. The lowest BCUT2D eigenvalue weighted by molar-refractivity contribution is -0.158. The van der Waals surface area contributed by atoms with Crippen molar-refractivity contribution in [3.8, 4) is 0 Å². The van der Waals surface area contributed by atoms with E-state index in [-0.39, 0.29) is 5.97 Å². The summed E-state index contributed by atoms with van der Waals surface area (Å²) in [4.78, 5) is 16.4. The minimum Gasteiger partial charge on any atom is -0.458 e. The minimum atomic E-state index is -0.480. The number of rotatable bonds is 4. The fourth-order valence-corrected chi connectivity index (χ4v) is 1.59. The monoisotopic (exact) mass is 253 g/mol. The molecule has 1 aromatic rings. The molecular formula is C13H23N3O2. The normalized spacial score (nSPS) is 13.4. The second-order valence-electron chi connectivity index (χ2n) is 5.31. The molecule has 1 heterocycles. The number of hydrogen-bond acceptors (Lipinski definition) is 4. The van der Waals surface area contributed by atoms with Gasteiger partial charge in [-0.15, -0.1) is 0 Å². The molecule has 0 spiro atoms. The highest BCUT2D eigenvalue weighted by Gasteiger charge is 2.25. The van der Waals surface area contributed by atoms with E-state index >= 15 is 0 Å². The van der Waals surface area contributed by atoms with Crippen molar-refractivity contribution in [1.82, 2.24) is 14.8 Å². The molecule has 18 heavy (non-hydrogen) atoms. The summed E-state index contributed by atoms with van der Waals surface area (Å²) < 4.78 is 7.04. The average molecular weight is 253 g/mol. The van der Waals surface area contributed by atoms with E-state index in [0.717, 1.165) is 24.5 Å².